The van der Waals surface area contributed by atoms with E-state index >= 15 is 0 Å². The number of rotatable bonds is 9. The number of hydrogen-bond acceptors (Lipinski definition) is 2. The molecule has 0 aromatic heterocycles. The molecule has 2 nitrogen and oxygen atoms in total. The van der Waals surface area contributed by atoms with Crippen LogP contribution in [0.3, 0.4) is 0 Å². The molecule has 0 rings (SSSR count). The van der Waals surface area contributed by atoms with E-state index in [4.69, 9.17) is 9.47 Å². The molecule has 80 valence electrons. The molecule has 0 aliphatic carbocycles. The first-order chi connectivity index (χ1) is 6.27. The molecule has 13 heavy (non-hydrogen) atoms. The van der Waals surface area contributed by atoms with Gasteiger partial charge in [-0.3, -0.25) is 0 Å². The molecule has 0 unspecified atom stereocenters. The Morgan fingerprint density at radius 2 is 1.54 bits per heavy atom. The lowest BCUT2D eigenvalue weighted by Gasteiger charge is -2.05. The van der Waals surface area contributed by atoms with Crippen LogP contribution in [-0.4, -0.2) is 26.4 Å². The Hall–Kier alpha value is -0.0800. The summed E-state index contributed by atoms with van der Waals surface area (Å²) >= 11 is 0. The monoisotopic (exact) mass is 188 g/mol. The van der Waals surface area contributed by atoms with Gasteiger partial charge in [-0.25, -0.2) is 0 Å². The molecule has 0 radical (unpaired) electrons. The summed E-state index contributed by atoms with van der Waals surface area (Å²) in [6, 6.07) is 0. The minimum atomic E-state index is 0.798. The average molecular weight is 188 g/mol. The predicted octanol–water partition coefficient (Wildman–Crippen LogP) is 2.87. The van der Waals surface area contributed by atoms with Crippen molar-refractivity contribution < 1.29 is 9.47 Å². The van der Waals surface area contributed by atoms with Crippen LogP contribution in [0.1, 0.15) is 40.0 Å². The average Bonchev–Trinajstić information content (AvgIpc) is 2.09. The first kappa shape index (κ1) is 12.9. The van der Waals surface area contributed by atoms with Crippen LogP contribution in [0, 0.1) is 5.92 Å². The van der Waals surface area contributed by atoms with Gasteiger partial charge in [0.15, 0.2) is 0 Å². The lowest BCUT2D eigenvalue weighted by molar-refractivity contribution is 0.0852. The Labute approximate surface area is 82.6 Å². The molecular weight excluding hydrogens is 164 g/mol. The molecule has 0 aromatic rings. The third-order valence-electron chi connectivity index (χ3n) is 1.85. The highest BCUT2D eigenvalue weighted by molar-refractivity contribution is 4.44. The van der Waals surface area contributed by atoms with Gasteiger partial charge in [0.2, 0.25) is 0 Å². The smallest absolute Gasteiger partial charge is 0.0487 e. The maximum absolute atomic E-state index is 5.45. The summed E-state index contributed by atoms with van der Waals surface area (Å²) in [5.41, 5.74) is 0. The van der Waals surface area contributed by atoms with Gasteiger partial charge in [0, 0.05) is 26.4 Å². The second kappa shape index (κ2) is 10.0. The minimum absolute atomic E-state index is 0.798. The summed E-state index contributed by atoms with van der Waals surface area (Å²) in [4.78, 5) is 0. The standard InChI is InChI=1S/C11H24O2/c1-4-12-9-6-10-13-8-5-7-11(2)3/h11H,4-10H2,1-3H3. The summed E-state index contributed by atoms with van der Waals surface area (Å²) in [5, 5.41) is 0. The lowest BCUT2D eigenvalue weighted by Crippen LogP contribution is -2.02. The molecular formula is C11H24O2. The van der Waals surface area contributed by atoms with Crippen molar-refractivity contribution in [2.24, 2.45) is 5.92 Å². The largest absolute Gasteiger partial charge is 0.382 e. The maximum Gasteiger partial charge on any atom is 0.0487 e. The minimum Gasteiger partial charge on any atom is -0.382 e. The van der Waals surface area contributed by atoms with Crippen molar-refractivity contribution >= 4 is 0 Å². The van der Waals surface area contributed by atoms with Crippen LogP contribution in [0.5, 0.6) is 0 Å². The second-order valence-corrected chi connectivity index (χ2v) is 3.70. The van der Waals surface area contributed by atoms with E-state index in [1.165, 1.54) is 12.8 Å². The van der Waals surface area contributed by atoms with Crippen molar-refractivity contribution in [2.75, 3.05) is 26.4 Å². The molecule has 0 bridgehead atoms. The molecule has 0 heterocycles. The molecule has 0 spiro atoms. The highest BCUT2D eigenvalue weighted by atomic mass is 16.5. The van der Waals surface area contributed by atoms with Crippen LogP contribution < -0.4 is 0 Å². The molecule has 0 aliphatic heterocycles. The van der Waals surface area contributed by atoms with Crippen molar-refractivity contribution in [3.8, 4) is 0 Å². The van der Waals surface area contributed by atoms with Crippen LogP contribution >= 0.6 is 0 Å². The van der Waals surface area contributed by atoms with Crippen molar-refractivity contribution in [3.63, 3.8) is 0 Å². The van der Waals surface area contributed by atoms with E-state index in [0.717, 1.165) is 38.8 Å². The highest BCUT2D eigenvalue weighted by Gasteiger charge is 1.94. The third kappa shape index (κ3) is 11.9. The fraction of sp³-hybridized carbons (Fsp3) is 1.00. The van der Waals surface area contributed by atoms with Crippen LogP contribution in [0.2, 0.25) is 0 Å². The van der Waals surface area contributed by atoms with Crippen molar-refractivity contribution in [1.29, 1.82) is 0 Å². The number of hydrogen-bond donors (Lipinski definition) is 0. The SMILES string of the molecule is CCOCCCOCCCC(C)C. The van der Waals surface area contributed by atoms with E-state index < -0.39 is 0 Å². The molecule has 0 aromatic carbocycles. The summed E-state index contributed by atoms with van der Waals surface area (Å²) in [6.07, 6.45) is 3.48. The molecule has 0 amide bonds. The van der Waals surface area contributed by atoms with Crippen molar-refractivity contribution in [1.82, 2.24) is 0 Å². The normalized spacial score (nSPS) is 11.1. The first-order valence-electron chi connectivity index (χ1n) is 5.42. The lowest BCUT2D eigenvalue weighted by atomic mass is 10.1. The zero-order valence-electron chi connectivity index (χ0n) is 9.34. The van der Waals surface area contributed by atoms with Crippen LogP contribution in [0.15, 0.2) is 0 Å². The fourth-order valence-corrected chi connectivity index (χ4v) is 1.10. The van der Waals surface area contributed by atoms with Crippen molar-refractivity contribution in [3.05, 3.63) is 0 Å². The summed E-state index contributed by atoms with van der Waals surface area (Å²) in [6.45, 7) is 9.91. The van der Waals surface area contributed by atoms with Crippen LogP contribution in [-0.2, 0) is 9.47 Å². The first-order valence-corrected chi connectivity index (χ1v) is 5.42. The van der Waals surface area contributed by atoms with Gasteiger partial charge in [0.1, 0.15) is 0 Å². The Kier molecular flexibility index (Phi) is 9.94. The van der Waals surface area contributed by atoms with Crippen LogP contribution in [0.25, 0.3) is 0 Å². The third-order valence-corrected chi connectivity index (χ3v) is 1.85. The Morgan fingerprint density at radius 3 is 2.15 bits per heavy atom. The van der Waals surface area contributed by atoms with Gasteiger partial charge in [-0.15, -0.1) is 0 Å². The zero-order chi connectivity index (χ0) is 9.94. The Balaban J connectivity index is 2.84. The van der Waals surface area contributed by atoms with E-state index in [1.54, 1.807) is 0 Å². The van der Waals surface area contributed by atoms with E-state index in [0.29, 0.717) is 0 Å². The van der Waals surface area contributed by atoms with E-state index in [9.17, 15) is 0 Å². The van der Waals surface area contributed by atoms with E-state index in [2.05, 4.69) is 13.8 Å². The second-order valence-electron chi connectivity index (χ2n) is 3.70. The quantitative estimate of drug-likeness (QED) is 0.518. The molecule has 0 N–H and O–H groups in total. The summed E-state index contributed by atoms with van der Waals surface area (Å²) < 4.78 is 10.6. The molecule has 0 saturated carbocycles. The van der Waals surface area contributed by atoms with E-state index in [1.807, 2.05) is 6.92 Å². The van der Waals surface area contributed by atoms with Gasteiger partial charge in [-0.2, -0.15) is 0 Å². The molecule has 2 heteroatoms. The fourth-order valence-electron chi connectivity index (χ4n) is 1.10. The van der Waals surface area contributed by atoms with Gasteiger partial charge in [0.25, 0.3) is 0 Å². The van der Waals surface area contributed by atoms with Crippen molar-refractivity contribution in [2.45, 2.75) is 40.0 Å². The van der Waals surface area contributed by atoms with Gasteiger partial charge in [0.05, 0.1) is 0 Å². The summed E-state index contributed by atoms with van der Waals surface area (Å²) in [5.74, 6) is 0.798. The molecule has 0 atom stereocenters. The highest BCUT2D eigenvalue weighted by Crippen LogP contribution is 2.03. The van der Waals surface area contributed by atoms with Gasteiger partial charge in [-0.05, 0) is 32.1 Å². The predicted molar refractivity (Wildman–Crippen MR) is 56.0 cm³/mol. The topological polar surface area (TPSA) is 18.5 Å². The molecule has 0 saturated heterocycles. The number of ether oxygens (including phenoxy) is 2. The van der Waals surface area contributed by atoms with Crippen LogP contribution in [0.4, 0.5) is 0 Å². The maximum atomic E-state index is 5.45. The Morgan fingerprint density at radius 1 is 0.923 bits per heavy atom. The molecule has 0 fully saturated rings. The van der Waals surface area contributed by atoms with Gasteiger partial charge >= 0.3 is 0 Å². The Bertz CT molecular complexity index is 92.1. The van der Waals surface area contributed by atoms with Gasteiger partial charge in [-0.1, -0.05) is 13.8 Å². The van der Waals surface area contributed by atoms with E-state index in [-0.39, 0.29) is 0 Å². The summed E-state index contributed by atoms with van der Waals surface area (Å²) in [7, 11) is 0. The molecule has 0 aliphatic rings. The zero-order valence-corrected chi connectivity index (χ0v) is 9.34. The van der Waals surface area contributed by atoms with Gasteiger partial charge < -0.3 is 9.47 Å².